The van der Waals surface area contributed by atoms with Gasteiger partial charge in [0.05, 0.1) is 17.1 Å². The molecule has 0 radical (unpaired) electrons. The first kappa shape index (κ1) is 15.8. The average Bonchev–Trinajstić information content (AvgIpc) is 3.25. The Morgan fingerprint density at radius 1 is 1.31 bits per heavy atom. The molecule has 2 aromatic heterocycles. The zero-order chi connectivity index (χ0) is 17.7. The second kappa shape index (κ2) is 6.10. The molecule has 1 atom stereocenters. The van der Waals surface area contributed by atoms with E-state index >= 15 is 0 Å². The highest BCUT2D eigenvalue weighted by Crippen LogP contribution is 2.35. The molecule has 1 aliphatic carbocycles. The zero-order valence-corrected chi connectivity index (χ0v) is 15.1. The van der Waals surface area contributed by atoms with Gasteiger partial charge >= 0.3 is 5.69 Å². The van der Waals surface area contributed by atoms with E-state index < -0.39 is 0 Å². The molecule has 3 heterocycles. The van der Waals surface area contributed by atoms with Gasteiger partial charge in [0.2, 0.25) is 0 Å². The van der Waals surface area contributed by atoms with Gasteiger partial charge in [-0.15, -0.1) is 11.3 Å². The van der Waals surface area contributed by atoms with E-state index in [2.05, 4.69) is 27.1 Å². The van der Waals surface area contributed by atoms with Crippen LogP contribution in [-0.2, 0) is 6.42 Å². The van der Waals surface area contributed by atoms with Gasteiger partial charge in [0.15, 0.2) is 0 Å². The normalized spacial score (nSPS) is 19.5. The number of aromatic nitrogens is 2. The van der Waals surface area contributed by atoms with Crippen LogP contribution in [0.15, 0.2) is 34.4 Å². The van der Waals surface area contributed by atoms with Crippen LogP contribution in [0.4, 0.5) is 0 Å². The molecule has 1 saturated carbocycles. The molecule has 5 rings (SSSR count). The second-order valence-electron chi connectivity index (χ2n) is 7.03. The Labute approximate surface area is 154 Å². The maximum atomic E-state index is 12.7. The van der Waals surface area contributed by atoms with Gasteiger partial charge in [0.1, 0.15) is 0 Å². The summed E-state index contributed by atoms with van der Waals surface area (Å²) in [6.07, 6.45) is 3.11. The fraction of sp³-hybridized carbons (Fsp3) is 0.368. The molecule has 6 nitrogen and oxygen atoms in total. The van der Waals surface area contributed by atoms with Crippen molar-refractivity contribution in [3.63, 3.8) is 0 Å². The van der Waals surface area contributed by atoms with Crippen molar-refractivity contribution in [1.29, 1.82) is 0 Å². The molecule has 2 aliphatic rings. The van der Waals surface area contributed by atoms with Crippen molar-refractivity contribution in [2.24, 2.45) is 0 Å². The topological polar surface area (TPSA) is 78.9 Å². The highest BCUT2D eigenvalue weighted by molar-refractivity contribution is 7.10. The number of nitrogens with zero attached hydrogens (tertiary/aromatic N) is 1. The summed E-state index contributed by atoms with van der Waals surface area (Å²) in [6.45, 7) is 1.50. The fourth-order valence-electron chi connectivity index (χ4n) is 3.77. The molecule has 1 amide bonds. The maximum absolute atomic E-state index is 12.7. The lowest BCUT2D eigenvalue weighted by atomic mass is 10.0. The van der Waals surface area contributed by atoms with Gasteiger partial charge in [-0.05, 0) is 54.5 Å². The molecule has 0 bridgehead atoms. The molecule has 1 aromatic carbocycles. The summed E-state index contributed by atoms with van der Waals surface area (Å²) >= 11 is 1.79. The summed E-state index contributed by atoms with van der Waals surface area (Å²) in [5.74, 6) is -0.105. The van der Waals surface area contributed by atoms with E-state index in [0.29, 0.717) is 12.1 Å². The van der Waals surface area contributed by atoms with Gasteiger partial charge in [-0.1, -0.05) is 0 Å². The second-order valence-corrected chi connectivity index (χ2v) is 8.03. The minimum atomic E-state index is -0.105. The Kier molecular flexibility index (Phi) is 3.72. The van der Waals surface area contributed by atoms with Gasteiger partial charge in [-0.3, -0.25) is 9.36 Å². The van der Waals surface area contributed by atoms with Gasteiger partial charge in [0.25, 0.3) is 5.91 Å². The minimum absolute atomic E-state index is 0.0866. The Bertz CT molecular complexity index is 1040. The zero-order valence-electron chi connectivity index (χ0n) is 14.2. The number of amides is 1. The number of thiophene rings is 1. The van der Waals surface area contributed by atoms with E-state index in [1.54, 1.807) is 22.0 Å². The van der Waals surface area contributed by atoms with Crippen molar-refractivity contribution in [3.8, 4) is 0 Å². The number of carbonyl (C=O) groups excluding carboxylic acids is 1. The Hall–Kier alpha value is -2.38. The van der Waals surface area contributed by atoms with E-state index in [1.807, 2.05) is 12.1 Å². The van der Waals surface area contributed by atoms with Crippen molar-refractivity contribution < 1.29 is 4.79 Å². The minimum Gasteiger partial charge on any atom is -0.350 e. The number of fused-ring (bicyclic) bond motifs is 2. The molecule has 3 aromatic rings. The molecule has 3 N–H and O–H groups in total. The number of hydrogen-bond donors (Lipinski definition) is 3. The van der Waals surface area contributed by atoms with Crippen molar-refractivity contribution in [2.75, 3.05) is 13.1 Å². The van der Waals surface area contributed by atoms with Crippen molar-refractivity contribution in [3.05, 3.63) is 56.1 Å². The molecule has 0 spiro atoms. The average molecular weight is 368 g/mol. The SMILES string of the molecule is O=C(NCC1NCCc2sccc21)c1ccc2[nH]c(=O)n(C3CC3)c2c1. The Morgan fingerprint density at radius 3 is 3.04 bits per heavy atom. The molecule has 1 unspecified atom stereocenters. The van der Waals surface area contributed by atoms with Gasteiger partial charge < -0.3 is 15.6 Å². The molecule has 1 aliphatic heterocycles. The number of benzene rings is 1. The molecule has 0 saturated heterocycles. The lowest BCUT2D eigenvalue weighted by Gasteiger charge is -2.24. The van der Waals surface area contributed by atoms with Crippen molar-refractivity contribution in [2.45, 2.75) is 31.3 Å². The van der Waals surface area contributed by atoms with Crippen LogP contribution >= 0.6 is 11.3 Å². The van der Waals surface area contributed by atoms with Crippen LogP contribution in [0, 0.1) is 0 Å². The third kappa shape index (κ3) is 2.68. The quantitative estimate of drug-likeness (QED) is 0.661. The summed E-state index contributed by atoms with van der Waals surface area (Å²) in [7, 11) is 0. The molecular formula is C19H20N4O2S. The lowest BCUT2D eigenvalue weighted by Crippen LogP contribution is -2.38. The number of carbonyl (C=O) groups is 1. The standard InChI is InChI=1S/C19H20N4O2S/c24-18(21-10-15-13-6-8-26-17(13)5-7-20-15)11-1-4-14-16(9-11)23(12-2-3-12)19(25)22-14/h1,4,6,8-9,12,15,20H,2-3,5,7,10H2,(H,21,24)(H,22,25). The van der Waals surface area contributed by atoms with E-state index in [4.69, 9.17) is 0 Å². The van der Waals surface area contributed by atoms with Gasteiger partial charge in [0, 0.05) is 29.6 Å². The van der Waals surface area contributed by atoms with Crippen LogP contribution < -0.4 is 16.3 Å². The van der Waals surface area contributed by atoms with Crippen LogP contribution in [0.3, 0.4) is 0 Å². The molecule has 134 valence electrons. The summed E-state index contributed by atoms with van der Waals surface area (Å²) < 4.78 is 1.78. The molecule has 7 heteroatoms. The van der Waals surface area contributed by atoms with Crippen LogP contribution in [0.1, 0.15) is 45.7 Å². The number of rotatable bonds is 4. The number of hydrogen-bond acceptors (Lipinski definition) is 4. The van der Waals surface area contributed by atoms with E-state index in [-0.39, 0.29) is 23.7 Å². The Morgan fingerprint density at radius 2 is 2.19 bits per heavy atom. The summed E-state index contributed by atoms with van der Waals surface area (Å²) in [6, 6.07) is 8.00. The molecule has 1 fully saturated rings. The van der Waals surface area contributed by atoms with Crippen molar-refractivity contribution >= 4 is 28.3 Å². The molecular weight excluding hydrogens is 348 g/mol. The first-order valence-corrected chi connectivity index (χ1v) is 9.91. The third-order valence-corrected chi connectivity index (χ3v) is 6.25. The van der Waals surface area contributed by atoms with Gasteiger partial charge in [-0.25, -0.2) is 4.79 Å². The lowest BCUT2D eigenvalue weighted by molar-refractivity contribution is 0.0949. The summed E-state index contributed by atoms with van der Waals surface area (Å²) in [5, 5.41) is 8.63. The largest absolute Gasteiger partial charge is 0.350 e. The summed E-state index contributed by atoms with van der Waals surface area (Å²) in [4.78, 5) is 29.1. The maximum Gasteiger partial charge on any atom is 0.326 e. The van der Waals surface area contributed by atoms with Crippen LogP contribution in [0.25, 0.3) is 11.0 Å². The van der Waals surface area contributed by atoms with E-state index in [1.165, 1.54) is 10.4 Å². The number of aromatic amines is 1. The van der Waals surface area contributed by atoms with Crippen molar-refractivity contribution in [1.82, 2.24) is 20.2 Å². The monoisotopic (exact) mass is 368 g/mol. The molecule has 26 heavy (non-hydrogen) atoms. The highest BCUT2D eigenvalue weighted by atomic mass is 32.1. The summed E-state index contributed by atoms with van der Waals surface area (Å²) in [5.41, 5.74) is 3.41. The van der Waals surface area contributed by atoms with E-state index in [9.17, 15) is 9.59 Å². The smallest absolute Gasteiger partial charge is 0.326 e. The number of nitrogens with one attached hydrogen (secondary N) is 3. The highest BCUT2D eigenvalue weighted by Gasteiger charge is 2.27. The van der Waals surface area contributed by atoms with Gasteiger partial charge in [-0.2, -0.15) is 0 Å². The first-order valence-electron chi connectivity index (χ1n) is 9.03. The fourth-order valence-corrected chi connectivity index (χ4v) is 4.72. The Balaban J connectivity index is 1.36. The number of H-pyrrole nitrogens is 1. The van der Waals surface area contributed by atoms with Crippen LogP contribution in [0.5, 0.6) is 0 Å². The van der Waals surface area contributed by atoms with Crippen LogP contribution in [-0.4, -0.2) is 28.5 Å². The number of imidazole rings is 1. The van der Waals surface area contributed by atoms with E-state index in [0.717, 1.165) is 36.8 Å². The first-order chi connectivity index (χ1) is 12.7. The van der Waals surface area contributed by atoms with Crippen LogP contribution in [0.2, 0.25) is 0 Å². The third-order valence-electron chi connectivity index (χ3n) is 5.26. The predicted molar refractivity (Wildman–Crippen MR) is 102 cm³/mol. The predicted octanol–water partition coefficient (Wildman–Crippen LogP) is 2.34.